The van der Waals surface area contributed by atoms with Gasteiger partial charge in [-0.2, -0.15) is 0 Å². The lowest BCUT2D eigenvalue weighted by Gasteiger charge is -2.16. The van der Waals surface area contributed by atoms with E-state index in [1.807, 2.05) is 103 Å². The molecule has 5 nitrogen and oxygen atoms in total. The third-order valence-corrected chi connectivity index (χ3v) is 7.07. The maximum Gasteiger partial charge on any atom is 0.267 e. The molecule has 0 aliphatic carbocycles. The summed E-state index contributed by atoms with van der Waals surface area (Å²) in [5.74, 6) is 0.715. The Morgan fingerprint density at radius 1 is 0.943 bits per heavy atom. The number of nitrogens with zero attached hydrogens (tertiary/aromatic N) is 3. The summed E-state index contributed by atoms with van der Waals surface area (Å²) in [5.41, 5.74) is 3.75. The van der Waals surface area contributed by atoms with Crippen molar-refractivity contribution < 1.29 is 9.53 Å². The number of hydrogen-bond acceptors (Lipinski definition) is 4. The van der Waals surface area contributed by atoms with Gasteiger partial charge in [0, 0.05) is 22.1 Å². The number of benzene rings is 3. The first kappa shape index (κ1) is 23.2. The van der Waals surface area contributed by atoms with Crippen molar-refractivity contribution in [2.45, 2.75) is 6.54 Å². The Bertz CT molecular complexity index is 1390. The van der Waals surface area contributed by atoms with Crippen molar-refractivity contribution in [2.75, 3.05) is 7.11 Å². The number of amides is 1. The summed E-state index contributed by atoms with van der Waals surface area (Å²) >= 11 is 4.88. The summed E-state index contributed by atoms with van der Waals surface area (Å²) in [6.07, 6.45) is 3.93. The Balaban J connectivity index is 1.49. The van der Waals surface area contributed by atoms with Crippen molar-refractivity contribution >= 4 is 50.5 Å². The average molecular weight is 544 g/mol. The van der Waals surface area contributed by atoms with Crippen LogP contribution in [0.3, 0.4) is 0 Å². The third-order valence-electron chi connectivity index (χ3n) is 5.53. The Kier molecular flexibility index (Phi) is 6.88. The van der Waals surface area contributed by atoms with Crippen LogP contribution in [0.25, 0.3) is 11.8 Å². The fourth-order valence-electron chi connectivity index (χ4n) is 3.74. The van der Waals surface area contributed by atoms with Crippen LogP contribution in [-0.4, -0.2) is 27.7 Å². The molecule has 4 aromatic rings. The lowest BCUT2D eigenvalue weighted by Crippen LogP contribution is -2.28. The second-order valence-electron chi connectivity index (χ2n) is 7.86. The van der Waals surface area contributed by atoms with E-state index in [0.717, 1.165) is 32.9 Å². The molecule has 35 heavy (non-hydrogen) atoms. The lowest BCUT2D eigenvalue weighted by atomic mass is 10.2. The highest BCUT2D eigenvalue weighted by Crippen LogP contribution is 2.35. The highest BCUT2D eigenvalue weighted by atomic mass is 79.9. The van der Waals surface area contributed by atoms with Crippen molar-refractivity contribution in [1.29, 1.82) is 0 Å². The molecule has 1 aliphatic rings. The first-order valence-corrected chi connectivity index (χ1v) is 12.6. The van der Waals surface area contributed by atoms with Crippen molar-refractivity contribution in [3.05, 3.63) is 118 Å². The predicted molar refractivity (Wildman–Crippen MR) is 146 cm³/mol. The average Bonchev–Trinajstić information content (AvgIpc) is 3.46. The highest BCUT2D eigenvalue weighted by molar-refractivity contribution is 9.10. The van der Waals surface area contributed by atoms with Gasteiger partial charge in [0.15, 0.2) is 5.17 Å². The molecule has 1 saturated heterocycles. The molecule has 0 spiro atoms. The summed E-state index contributed by atoms with van der Waals surface area (Å²) in [6.45, 7) is 0.423. The molecule has 1 aromatic heterocycles. The monoisotopic (exact) mass is 543 g/mol. The van der Waals surface area contributed by atoms with Gasteiger partial charge < -0.3 is 9.30 Å². The van der Waals surface area contributed by atoms with E-state index in [1.54, 1.807) is 12.0 Å². The Labute approximate surface area is 216 Å². The van der Waals surface area contributed by atoms with E-state index < -0.39 is 0 Å². The zero-order valence-electron chi connectivity index (χ0n) is 19.0. The van der Waals surface area contributed by atoms with Crippen LogP contribution in [-0.2, 0) is 11.3 Å². The highest BCUT2D eigenvalue weighted by Gasteiger charge is 2.33. The number of hydrogen-bond donors (Lipinski definition) is 0. The lowest BCUT2D eigenvalue weighted by molar-refractivity contribution is -0.122. The minimum atomic E-state index is -0.0657. The van der Waals surface area contributed by atoms with Gasteiger partial charge in [-0.25, -0.2) is 4.99 Å². The molecule has 7 heteroatoms. The van der Waals surface area contributed by atoms with Crippen LogP contribution in [0.1, 0.15) is 11.3 Å². The summed E-state index contributed by atoms with van der Waals surface area (Å²) in [6, 6.07) is 29.5. The summed E-state index contributed by atoms with van der Waals surface area (Å²) in [5, 5.41) is 0.657. The number of rotatable bonds is 6. The number of aromatic nitrogens is 1. The van der Waals surface area contributed by atoms with Gasteiger partial charge in [0.25, 0.3) is 5.91 Å². The van der Waals surface area contributed by atoms with Crippen molar-refractivity contribution in [2.24, 2.45) is 4.99 Å². The molecular weight excluding hydrogens is 522 g/mol. The Morgan fingerprint density at radius 3 is 2.40 bits per heavy atom. The molecule has 0 N–H and O–H groups in total. The van der Waals surface area contributed by atoms with Gasteiger partial charge in [-0.1, -0.05) is 46.3 Å². The smallest absolute Gasteiger partial charge is 0.267 e. The Morgan fingerprint density at radius 2 is 1.69 bits per heavy atom. The van der Waals surface area contributed by atoms with E-state index in [2.05, 4.69) is 20.5 Å². The molecule has 2 heterocycles. The molecule has 0 radical (unpaired) electrons. The number of para-hydroxylation sites is 1. The normalized spacial score (nSPS) is 15.8. The number of carbonyl (C=O) groups excluding carboxylic acids is 1. The van der Waals surface area contributed by atoms with E-state index in [-0.39, 0.29) is 5.91 Å². The van der Waals surface area contributed by atoms with Crippen LogP contribution in [0.4, 0.5) is 5.69 Å². The van der Waals surface area contributed by atoms with Crippen LogP contribution in [0.15, 0.2) is 112 Å². The first-order chi connectivity index (χ1) is 17.1. The number of carbonyl (C=O) groups is 1. The van der Waals surface area contributed by atoms with Gasteiger partial charge in [0.05, 0.1) is 24.2 Å². The number of halogens is 1. The number of ether oxygens (including phenoxy) is 1. The van der Waals surface area contributed by atoms with Gasteiger partial charge in [0.2, 0.25) is 0 Å². The first-order valence-electron chi connectivity index (χ1n) is 11.0. The van der Waals surface area contributed by atoms with E-state index in [4.69, 9.17) is 9.73 Å². The van der Waals surface area contributed by atoms with Crippen LogP contribution in [0.2, 0.25) is 0 Å². The second-order valence-corrected chi connectivity index (χ2v) is 9.78. The summed E-state index contributed by atoms with van der Waals surface area (Å²) in [7, 11) is 1.64. The van der Waals surface area contributed by atoms with E-state index in [9.17, 15) is 4.79 Å². The zero-order valence-corrected chi connectivity index (χ0v) is 21.4. The minimum Gasteiger partial charge on any atom is -0.497 e. The zero-order chi connectivity index (χ0) is 24.2. The van der Waals surface area contributed by atoms with E-state index in [0.29, 0.717) is 16.6 Å². The maximum atomic E-state index is 13.6. The predicted octanol–water partition coefficient (Wildman–Crippen LogP) is 7.05. The van der Waals surface area contributed by atoms with Crippen molar-refractivity contribution in [1.82, 2.24) is 9.47 Å². The molecular formula is C28H22BrN3O2S. The van der Waals surface area contributed by atoms with Crippen LogP contribution in [0, 0.1) is 0 Å². The Hall–Kier alpha value is -3.55. The SMILES string of the molecule is COc1ccc(CN2C(=O)C(=Cc3cccn3-c3ccc(Br)cc3)SC2=Nc2ccccc2)cc1. The molecule has 0 saturated carbocycles. The van der Waals surface area contributed by atoms with E-state index in [1.165, 1.54) is 11.8 Å². The van der Waals surface area contributed by atoms with Gasteiger partial charge in [-0.3, -0.25) is 9.69 Å². The fraction of sp³-hybridized carbons (Fsp3) is 0.0714. The van der Waals surface area contributed by atoms with Gasteiger partial charge in [0.1, 0.15) is 5.75 Å². The van der Waals surface area contributed by atoms with Gasteiger partial charge in [-0.05, 0) is 84.1 Å². The summed E-state index contributed by atoms with van der Waals surface area (Å²) in [4.78, 5) is 20.7. The van der Waals surface area contributed by atoms with Gasteiger partial charge >= 0.3 is 0 Å². The second kappa shape index (κ2) is 10.4. The molecule has 1 amide bonds. The minimum absolute atomic E-state index is 0.0657. The van der Waals surface area contributed by atoms with Crippen LogP contribution < -0.4 is 4.74 Å². The van der Waals surface area contributed by atoms with Crippen molar-refractivity contribution in [3.8, 4) is 11.4 Å². The largest absolute Gasteiger partial charge is 0.497 e. The molecule has 174 valence electrons. The number of aliphatic imine (C=N–C) groups is 1. The van der Waals surface area contributed by atoms with Crippen LogP contribution in [0.5, 0.6) is 5.75 Å². The molecule has 3 aromatic carbocycles. The van der Waals surface area contributed by atoms with Gasteiger partial charge in [-0.15, -0.1) is 0 Å². The van der Waals surface area contributed by atoms with E-state index >= 15 is 0 Å². The molecule has 1 aliphatic heterocycles. The van der Waals surface area contributed by atoms with Crippen LogP contribution >= 0.6 is 27.7 Å². The summed E-state index contributed by atoms with van der Waals surface area (Å²) < 4.78 is 8.35. The fourth-order valence-corrected chi connectivity index (χ4v) is 4.99. The quantitative estimate of drug-likeness (QED) is 0.245. The third kappa shape index (κ3) is 5.26. The number of methoxy groups -OCH3 is 1. The molecule has 0 atom stereocenters. The topological polar surface area (TPSA) is 46.8 Å². The molecule has 0 bridgehead atoms. The molecule has 1 fully saturated rings. The standard InChI is InChI=1S/C28H22BrN3O2S/c1-34-25-15-9-20(10-16-25)19-32-27(33)26(35-28(32)30-22-6-3-2-4-7-22)18-24-8-5-17-31(24)23-13-11-21(29)12-14-23/h2-18H,19H2,1H3. The maximum absolute atomic E-state index is 13.6. The number of thioether (sulfide) groups is 1. The number of amidine groups is 1. The molecule has 5 rings (SSSR count). The van der Waals surface area contributed by atoms with Crippen molar-refractivity contribution in [3.63, 3.8) is 0 Å². The molecule has 0 unspecified atom stereocenters.